The summed E-state index contributed by atoms with van der Waals surface area (Å²) < 4.78 is 2.31. The maximum Gasteiger partial charge on any atom is 0.147 e. The van der Waals surface area contributed by atoms with Crippen LogP contribution in [0.4, 0.5) is 0 Å². The quantitative estimate of drug-likeness (QED) is 0.947. The van der Waals surface area contributed by atoms with Gasteiger partial charge in [-0.15, -0.1) is 10.2 Å². The van der Waals surface area contributed by atoms with Crippen molar-refractivity contribution in [2.75, 3.05) is 13.1 Å². The summed E-state index contributed by atoms with van der Waals surface area (Å²) >= 11 is 0. The SMILES string of the molecule is Oc1ccc(C2=CCN(Cc3nnc4n3CCCC4)CC2)cc1. The summed E-state index contributed by atoms with van der Waals surface area (Å²) in [6.07, 6.45) is 6.87. The molecule has 2 aliphatic heterocycles. The lowest BCUT2D eigenvalue weighted by Gasteiger charge is -2.26. The molecule has 0 bridgehead atoms. The fourth-order valence-corrected chi connectivity index (χ4v) is 3.48. The van der Waals surface area contributed by atoms with E-state index >= 15 is 0 Å². The Hall–Kier alpha value is -2.14. The summed E-state index contributed by atoms with van der Waals surface area (Å²) in [6, 6.07) is 7.49. The Kier molecular flexibility index (Phi) is 3.87. The number of fused-ring (bicyclic) bond motifs is 1. The molecule has 1 aromatic carbocycles. The van der Waals surface area contributed by atoms with Gasteiger partial charge in [0.1, 0.15) is 17.4 Å². The summed E-state index contributed by atoms with van der Waals surface area (Å²) in [6.45, 7) is 3.93. The zero-order valence-electron chi connectivity index (χ0n) is 13.3. The second-order valence-electron chi connectivity index (χ2n) is 6.40. The number of hydrogen-bond donors (Lipinski definition) is 1. The molecule has 0 saturated heterocycles. The first kappa shape index (κ1) is 14.5. The highest BCUT2D eigenvalue weighted by Gasteiger charge is 2.19. The van der Waals surface area contributed by atoms with Gasteiger partial charge in [-0.1, -0.05) is 18.2 Å². The zero-order chi connectivity index (χ0) is 15.6. The monoisotopic (exact) mass is 310 g/mol. The number of rotatable bonds is 3. The molecule has 0 amide bonds. The van der Waals surface area contributed by atoms with Crippen molar-refractivity contribution in [3.8, 4) is 5.75 Å². The molecule has 0 atom stereocenters. The standard InChI is InChI=1S/C18H22N4O/c23-16-6-4-14(5-7-16)15-8-11-21(12-9-15)13-18-20-19-17-3-1-2-10-22(17)18/h4-8,23H,1-3,9-13H2. The van der Waals surface area contributed by atoms with Crippen molar-refractivity contribution in [2.45, 2.75) is 38.8 Å². The van der Waals surface area contributed by atoms with Crippen LogP contribution in [0, 0.1) is 0 Å². The number of phenols is 1. The highest BCUT2D eigenvalue weighted by atomic mass is 16.3. The van der Waals surface area contributed by atoms with Crippen molar-refractivity contribution in [2.24, 2.45) is 0 Å². The fraction of sp³-hybridized carbons (Fsp3) is 0.444. The number of aryl methyl sites for hydroxylation is 1. The van der Waals surface area contributed by atoms with Gasteiger partial charge in [0, 0.05) is 26.1 Å². The number of aromatic hydroxyl groups is 1. The third-order valence-electron chi connectivity index (χ3n) is 4.83. The minimum Gasteiger partial charge on any atom is -0.508 e. The highest BCUT2D eigenvalue weighted by molar-refractivity contribution is 5.67. The molecule has 0 fully saturated rings. The lowest BCUT2D eigenvalue weighted by molar-refractivity contribution is 0.279. The topological polar surface area (TPSA) is 54.2 Å². The molecule has 2 aromatic rings. The van der Waals surface area contributed by atoms with E-state index in [1.54, 1.807) is 12.1 Å². The molecule has 0 unspecified atom stereocenters. The molecule has 23 heavy (non-hydrogen) atoms. The van der Waals surface area contributed by atoms with Gasteiger partial charge >= 0.3 is 0 Å². The predicted molar refractivity (Wildman–Crippen MR) is 88.9 cm³/mol. The first-order chi connectivity index (χ1) is 11.3. The number of nitrogens with zero attached hydrogens (tertiary/aromatic N) is 4. The van der Waals surface area contributed by atoms with Crippen LogP contribution in [0.25, 0.3) is 5.57 Å². The van der Waals surface area contributed by atoms with Gasteiger partial charge in [-0.2, -0.15) is 0 Å². The molecule has 0 saturated carbocycles. The molecule has 5 nitrogen and oxygen atoms in total. The van der Waals surface area contributed by atoms with Crippen LogP contribution in [0.15, 0.2) is 30.3 Å². The van der Waals surface area contributed by atoms with Crippen molar-refractivity contribution < 1.29 is 5.11 Å². The lowest BCUT2D eigenvalue weighted by atomic mass is 9.99. The van der Waals surface area contributed by atoms with Gasteiger partial charge in [0.2, 0.25) is 0 Å². The Morgan fingerprint density at radius 3 is 2.65 bits per heavy atom. The van der Waals surface area contributed by atoms with Gasteiger partial charge in [-0.25, -0.2) is 0 Å². The van der Waals surface area contributed by atoms with Crippen molar-refractivity contribution >= 4 is 5.57 Å². The van der Waals surface area contributed by atoms with E-state index in [4.69, 9.17) is 0 Å². The summed E-state index contributed by atoms with van der Waals surface area (Å²) in [7, 11) is 0. The number of aromatic nitrogens is 3. The summed E-state index contributed by atoms with van der Waals surface area (Å²) in [5.41, 5.74) is 2.58. The van der Waals surface area contributed by atoms with Crippen molar-refractivity contribution in [3.63, 3.8) is 0 Å². The number of hydrogen-bond acceptors (Lipinski definition) is 4. The van der Waals surface area contributed by atoms with E-state index in [1.165, 1.54) is 24.0 Å². The average molecular weight is 310 g/mol. The van der Waals surface area contributed by atoms with Crippen molar-refractivity contribution in [1.82, 2.24) is 19.7 Å². The molecule has 0 spiro atoms. The van der Waals surface area contributed by atoms with Crippen LogP contribution in [0.5, 0.6) is 5.75 Å². The molecular weight excluding hydrogens is 288 g/mol. The fourth-order valence-electron chi connectivity index (χ4n) is 3.48. The Labute approximate surface area is 136 Å². The maximum atomic E-state index is 9.39. The summed E-state index contributed by atoms with van der Waals surface area (Å²) in [5, 5.41) is 18.1. The smallest absolute Gasteiger partial charge is 0.147 e. The molecule has 5 heteroatoms. The Morgan fingerprint density at radius 2 is 1.87 bits per heavy atom. The molecule has 1 N–H and O–H groups in total. The van der Waals surface area contributed by atoms with E-state index in [0.717, 1.165) is 50.7 Å². The zero-order valence-corrected chi connectivity index (χ0v) is 13.3. The Balaban J connectivity index is 1.43. The molecule has 0 radical (unpaired) electrons. The highest BCUT2D eigenvalue weighted by Crippen LogP contribution is 2.25. The number of phenolic OH excluding ortho intramolecular Hbond substituents is 1. The van der Waals surface area contributed by atoms with E-state index in [1.807, 2.05) is 12.1 Å². The Morgan fingerprint density at radius 1 is 1.00 bits per heavy atom. The molecule has 3 heterocycles. The van der Waals surface area contributed by atoms with Gasteiger partial charge in [-0.05, 0) is 42.5 Å². The normalized spacial score (nSPS) is 18.5. The minimum atomic E-state index is 0.323. The third-order valence-corrected chi connectivity index (χ3v) is 4.83. The molecule has 2 aliphatic rings. The van der Waals surface area contributed by atoms with E-state index in [9.17, 15) is 5.11 Å². The Bertz CT molecular complexity index is 717. The predicted octanol–water partition coefficient (Wildman–Crippen LogP) is 2.61. The number of benzene rings is 1. The largest absolute Gasteiger partial charge is 0.508 e. The van der Waals surface area contributed by atoms with Crippen molar-refractivity contribution in [3.05, 3.63) is 47.6 Å². The summed E-state index contributed by atoms with van der Waals surface area (Å²) in [5.74, 6) is 2.59. The summed E-state index contributed by atoms with van der Waals surface area (Å²) in [4.78, 5) is 2.43. The lowest BCUT2D eigenvalue weighted by Crippen LogP contribution is -2.30. The van der Waals surface area contributed by atoms with E-state index in [0.29, 0.717) is 5.75 Å². The molecule has 4 rings (SSSR count). The molecule has 120 valence electrons. The first-order valence-corrected chi connectivity index (χ1v) is 8.41. The molecule has 0 aliphatic carbocycles. The minimum absolute atomic E-state index is 0.323. The molecule has 1 aromatic heterocycles. The first-order valence-electron chi connectivity index (χ1n) is 8.41. The van der Waals surface area contributed by atoms with Gasteiger partial charge < -0.3 is 9.67 Å². The van der Waals surface area contributed by atoms with Gasteiger partial charge in [0.25, 0.3) is 0 Å². The van der Waals surface area contributed by atoms with Crippen LogP contribution in [0.2, 0.25) is 0 Å². The van der Waals surface area contributed by atoms with E-state index < -0.39 is 0 Å². The maximum absolute atomic E-state index is 9.39. The van der Waals surface area contributed by atoms with Crippen LogP contribution in [0.1, 0.15) is 36.5 Å². The van der Waals surface area contributed by atoms with Gasteiger partial charge in [0.05, 0.1) is 6.54 Å². The van der Waals surface area contributed by atoms with Crippen LogP contribution < -0.4 is 0 Å². The third kappa shape index (κ3) is 3.01. The van der Waals surface area contributed by atoms with Crippen LogP contribution >= 0.6 is 0 Å². The van der Waals surface area contributed by atoms with E-state index in [-0.39, 0.29) is 0 Å². The van der Waals surface area contributed by atoms with Gasteiger partial charge in [-0.3, -0.25) is 4.90 Å². The second kappa shape index (κ2) is 6.16. The molecular formula is C18H22N4O. The van der Waals surface area contributed by atoms with Crippen molar-refractivity contribution in [1.29, 1.82) is 0 Å². The average Bonchev–Trinajstić information content (AvgIpc) is 3.00. The van der Waals surface area contributed by atoms with Crippen LogP contribution in [0.3, 0.4) is 0 Å². The van der Waals surface area contributed by atoms with Crippen LogP contribution in [-0.4, -0.2) is 37.9 Å². The van der Waals surface area contributed by atoms with E-state index in [2.05, 4.69) is 25.7 Å². The van der Waals surface area contributed by atoms with Gasteiger partial charge in [0.15, 0.2) is 0 Å². The van der Waals surface area contributed by atoms with Crippen LogP contribution in [-0.2, 0) is 19.5 Å². The second-order valence-corrected chi connectivity index (χ2v) is 6.40.